The van der Waals surface area contributed by atoms with Gasteiger partial charge < -0.3 is 0 Å². The molecular formula is C9H6ClFN2S. The Bertz CT molecular complexity index is 427. The highest BCUT2D eigenvalue weighted by Crippen LogP contribution is 2.24. The van der Waals surface area contributed by atoms with Gasteiger partial charge in [0, 0.05) is 5.56 Å². The zero-order valence-electron chi connectivity index (χ0n) is 7.08. The van der Waals surface area contributed by atoms with Crippen molar-refractivity contribution >= 4 is 22.9 Å². The maximum absolute atomic E-state index is 12.6. The molecule has 1 heterocycles. The van der Waals surface area contributed by atoms with E-state index in [1.54, 1.807) is 12.1 Å². The first-order valence-electron chi connectivity index (χ1n) is 3.94. The topological polar surface area (TPSA) is 25.8 Å². The Morgan fingerprint density at radius 3 is 2.50 bits per heavy atom. The number of benzene rings is 1. The van der Waals surface area contributed by atoms with Crippen LogP contribution in [0.3, 0.4) is 0 Å². The third-order valence-electron chi connectivity index (χ3n) is 1.67. The number of rotatable bonds is 2. The van der Waals surface area contributed by atoms with E-state index in [1.807, 2.05) is 0 Å². The van der Waals surface area contributed by atoms with Gasteiger partial charge in [-0.15, -0.1) is 21.8 Å². The molecule has 2 rings (SSSR count). The van der Waals surface area contributed by atoms with Crippen molar-refractivity contribution in [2.45, 2.75) is 5.88 Å². The second-order valence-electron chi connectivity index (χ2n) is 2.64. The molecule has 0 amide bonds. The Labute approximate surface area is 89.4 Å². The number of alkyl halides is 1. The van der Waals surface area contributed by atoms with Gasteiger partial charge in [0.25, 0.3) is 0 Å². The molecule has 2 nitrogen and oxygen atoms in total. The van der Waals surface area contributed by atoms with Crippen LogP contribution in [0.15, 0.2) is 24.3 Å². The van der Waals surface area contributed by atoms with Gasteiger partial charge in [-0.25, -0.2) is 4.39 Å². The van der Waals surface area contributed by atoms with Crippen molar-refractivity contribution in [3.8, 4) is 10.6 Å². The van der Waals surface area contributed by atoms with E-state index in [2.05, 4.69) is 10.2 Å². The number of aromatic nitrogens is 2. The van der Waals surface area contributed by atoms with Crippen LogP contribution >= 0.6 is 22.9 Å². The van der Waals surface area contributed by atoms with Crippen LogP contribution in [0.25, 0.3) is 10.6 Å². The van der Waals surface area contributed by atoms with Gasteiger partial charge in [-0.05, 0) is 24.3 Å². The minimum Gasteiger partial charge on any atom is -0.207 e. The summed E-state index contributed by atoms with van der Waals surface area (Å²) < 4.78 is 12.6. The first kappa shape index (κ1) is 9.55. The molecule has 0 N–H and O–H groups in total. The largest absolute Gasteiger partial charge is 0.207 e. The zero-order chi connectivity index (χ0) is 9.97. The Kier molecular flexibility index (Phi) is 2.74. The Morgan fingerprint density at radius 1 is 1.21 bits per heavy atom. The number of nitrogens with zero attached hydrogens (tertiary/aromatic N) is 2. The molecule has 1 aromatic carbocycles. The average molecular weight is 229 g/mol. The van der Waals surface area contributed by atoms with Crippen LogP contribution in [0.1, 0.15) is 5.01 Å². The lowest BCUT2D eigenvalue weighted by Gasteiger charge is -1.93. The van der Waals surface area contributed by atoms with Gasteiger partial charge >= 0.3 is 0 Å². The van der Waals surface area contributed by atoms with E-state index >= 15 is 0 Å². The number of hydrogen-bond donors (Lipinski definition) is 0. The molecule has 0 saturated carbocycles. The van der Waals surface area contributed by atoms with Crippen molar-refractivity contribution in [2.24, 2.45) is 0 Å². The Hall–Kier alpha value is -1.00. The summed E-state index contributed by atoms with van der Waals surface area (Å²) in [6.45, 7) is 0. The van der Waals surface area contributed by atoms with Crippen molar-refractivity contribution in [1.29, 1.82) is 0 Å². The fourth-order valence-electron chi connectivity index (χ4n) is 1.02. The van der Waals surface area contributed by atoms with Gasteiger partial charge in [0.15, 0.2) is 0 Å². The van der Waals surface area contributed by atoms with E-state index in [0.29, 0.717) is 5.88 Å². The lowest BCUT2D eigenvalue weighted by Crippen LogP contribution is -1.78. The first-order chi connectivity index (χ1) is 6.79. The number of hydrogen-bond acceptors (Lipinski definition) is 3. The average Bonchev–Trinajstić information content (AvgIpc) is 2.67. The first-order valence-corrected chi connectivity index (χ1v) is 5.29. The molecule has 72 valence electrons. The molecule has 0 aliphatic rings. The van der Waals surface area contributed by atoms with Crippen molar-refractivity contribution in [3.63, 3.8) is 0 Å². The lowest BCUT2D eigenvalue weighted by atomic mass is 10.2. The second kappa shape index (κ2) is 4.02. The highest BCUT2D eigenvalue weighted by molar-refractivity contribution is 7.14. The summed E-state index contributed by atoms with van der Waals surface area (Å²) in [5.41, 5.74) is 0.861. The molecule has 0 bridgehead atoms. The molecule has 0 atom stereocenters. The lowest BCUT2D eigenvalue weighted by molar-refractivity contribution is 0.628. The molecular weight excluding hydrogens is 223 g/mol. The van der Waals surface area contributed by atoms with E-state index in [-0.39, 0.29) is 5.82 Å². The fraction of sp³-hybridized carbons (Fsp3) is 0.111. The molecule has 2 aromatic rings. The summed E-state index contributed by atoms with van der Waals surface area (Å²) in [7, 11) is 0. The maximum Gasteiger partial charge on any atom is 0.147 e. The van der Waals surface area contributed by atoms with Gasteiger partial charge in [0.2, 0.25) is 0 Å². The molecule has 5 heteroatoms. The quantitative estimate of drug-likeness (QED) is 0.739. The molecule has 0 unspecified atom stereocenters. The Morgan fingerprint density at radius 2 is 1.93 bits per heavy atom. The van der Waals surface area contributed by atoms with Crippen LogP contribution in [-0.4, -0.2) is 10.2 Å². The van der Waals surface area contributed by atoms with E-state index in [4.69, 9.17) is 11.6 Å². The molecule has 1 aromatic heterocycles. The van der Waals surface area contributed by atoms with Crippen LogP contribution in [0.5, 0.6) is 0 Å². The summed E-state index contributed by atoms with van der Waals surface area (Å²) >= 11 is 7.02. The number of halogens is 2. The van der Waals surface area contributed by atoms with E-state index in [9.17, 15) is 4.39 Å². The normalized spacial score (nSPS) is 10.4. The van der Waals surface area contributed by atoms with Crippen LogP contribution < -0.4 is 0 Å². The molecule has 0 saturated heterocycles. The minimum atomic E-state index is -0.254. The minimum absolute atomic E-state index is 0.254. The molecule has 0 radical (unpaired) electrons. The van der Waals surface area contributed by atoms with Crippen LogP contribution in [-0.2, 0) is 5.88 Å². The summed E-state index contributed by atoms with van der Waals surface area (Å²) in [6.07, 6.45) is 0. The summed E-state index contributed by atoms with van der Waals surface area (Å²) in [5.74, 6) is 0.106. The fourth-order valence-corrected chi connectivity index (χ4v) is 1.93. The SMILES string of the molecule is Fc1ccc(-c2nnc(CCl)s2)cc1. The molecule has 0 aliphatic heterocycles. The molecule has 0 fully saturated rings. The monoisotopic (exact) mass is 228 g/mol. The van der Waals surface area contributed by atoms with E-state index in [1.165, 1.54) is 23.5 Å². The van der Waals surface area contributed by atoms with E-state index in [0.717, 1.165) is 15.6 Å². The smallest absolute Gasteiger partial charge is 0.147 e. The third kappa shape index (κ3) is 1.91. The second-order valence-corrected chi connectivity index (χ2v) is 3.97. The highest BCUT2D eigenvalue weighted by atomic mass is 35.5. The van der Waals surface area contributed by atoms with Crippen molar-refractivity contribution < 1.29 is 4.39 Å². The van der Waals surface area contributed by atoms with Crippen LogP contribution in [0.4, 0.5) is 4.39 Å². The van der Waals surface area contributed by atoms with Crippen molar-refractivity contribution in [3.05, 3.63) is 35.1 Å². The van der Waals surface area contributed by atoms with Gasteiger partial charge in [-0.1, -0.05) is 11.3 Å². The Balaban J connectivity index is 2.34. The predicted octanol–water partition coefficient (Wildman–Crippen LogP) is 3.08. The van der Waals surface area contributed by atoms with Gasteiger partial charge in [-0.3, -0.25) is 0 Å². The summed E-state index contributed by atoms with van der Waals surface area (Å²) in [6, 6.07) is 6.15. The standard InChI is InChI=1S/C9H6ClFN2S/c10-5-8-12-13-9(14-8)6-1-3-7(11)4-2-6/h1-4H,5H2. The van der Waals surface area contributed by atoms with Crippen molar-refractivity contribution in [2.75, 3.05) is 0 Å². The maximum atomic E-state index is 12.6. The summed E-state index contributed by atoms with van der Waals surface area (Å²) in [5, 5.41) is 9.36. The third-order valence-corrected chi connectivity index (χ3v) is 3.06. The van der Waals surface area contributed by atoms with Gasteiger partial charge in [0.1, 0.15) is 15.8 Å². The van der Waals surface area contributed by atoms with Gasteiger partial charge in [-0.2, -0.15) is 0 Å². The molecule has 0 spiro atoms. The van der Waals surface area contributed by atoms with Gasteiger partial charge in [0.05, 0.1) is 5.88 Å². The predicted molar refractivity (Wildman–Crippen MR) is 54.9 cm³/mol. The van der Waals surface area contributed by atoms with Crippen LogP contribution in [0.2, 0.25) is 0 Å². The van der Waals surface area contributed by atoms with Crippen molar-refractivity contribution in [1.82, 2.24) is 10.2 Å². The molecule has 0 aliphatic carbocycles. The zero-order valence-corrected chi connectivity index (χ0v) is 8.65. The highest BCUT2D eigenvalue weighted by Gasteiger charge is 2.05. The molecule has 14 heavy (non-hydrogen) atoms. The summed E-state index contributed by atoms with van der Waals surface area (Å²) in [4.78, 5) is 0. The van der Waals surface area contributed by atoms with Crippen LogP contribution in [0, 0.1) is 5.82 Å². The van der Waals surface area contributed by atoms with E-state index < -0.39 is 0 Å².